The maximum Gasteiger partial charge on any atom is 0.234 e. The van der Waals surface area contributed by atoms with Crippen LogP contribution in [0.4, 0.5) is 11.4 Å². The number of hydrogen-bond acceptors (Lipinski definition) is 6. The lowest BCUT2D eigenvalue weighted by Crippen LogP contribution is -2.53. The molecule has 154 valence electrons. The zero-order valence-electron chi connectivity index (χ0n) is 17.0. The first-order valence-corrected chi connectivity index (χ1v) is 11.0. The minimum absolute atomic E-state index is 0.0855. The van der Waals surface area contributed by atoms with Crippen LogP contribution in [0.3, 0.4) is 0 Å². The van der Waals surface area contributed by atoms with Crippen molar-refractivity contribution in [1.29, 1.82) is 0 Å². The van der Waals surface area contributed by atoms with E-state index in [2.05, 4.69) is 12.1 Å². The summed E-state index contributed by atoms with van der Waals surface area (Å²) in [4.78, 5) is 11.6. The first kappa shape index (κ1) is 19.8. The van der Waals surface area contributed by atoms with E-state index < -0.39 is 4.99 Å². The molecule has 0 aliphatic carbocycles. The van der Waals surface area contributed by atoms with Crippen molar-refractivity contribution in [2.75, 3.05) is 10.0 Å². The van der Waals surface area contributed by atoms with Crippen LogP contribution in [0.15, 0.2) is 89.1 Å². The Balaban J connectivity index is 1.81. The van der Waals surface area contributed by atoms with Crippen LogP contribution >= 0.6 is 23.4 Å². The molecular weight excluding hydrogens is 428 g/mol. The summed E-state index contributed by atoms with van der Waals surface area (Å²) in [5, 5.41) is 14.7. The molecule has 0 aromatic heterocycles. The number of rotatable bonds is 3. The fraction of sp³-hybridized carbons (Fsp3) is 0.125. The van der Waals surface area contributed by atoms with Gasteiger partial charge in [-0.2, -0.15) is 10.2 Å². The number of ketones is 1. The van der Waals surface area contributed by atoms with Crippen LogP contribution in [0.2, 0.25) is 5.02 Å². The molecule has 2 aliphatic heterocycles. The van der Waals surface area contributed by atoms with Crippen molar-refractivity contribution < 1.29 is 4.79 Å². The molecule has 1 spiro atoms. The van der Waals surface area contributed by atoms with Crippen LogP contribution in [0.5, 0.6) is 0 Å². The van der Waals surface area contributed by atoms with E-state index in [0.717, 1.165) is 28.2 Å². The van der Waals surface area contributed by atoms with Crippen LogP contribution < -0.4 is 10.0 Å². The number of fused-ring (bicyclic) bond motifs is 2. The van der Waals surface area contributed by atoms with Crippen LogP contribution in [-0.2, 0) is 9.79 Å². The largest absolute Gasteiger partial charge is 0.292 e. The van der Waals surface area contributed by atoms with Gasteiger partial charge in [0.05, 0.1) is 17.1 Å². The fourth-order valence-electron chi connectivity index (χ4n) is 3.89. The zero-order chi connectivity index (χ0) is 21.6. The number of anilines is 2. The van der Waals surface area contributed by atoms with Gasteiger partial charge in [0, 0.05) is 23.1 Å². The number of para-hydroxylation sites is 1. The van der Waals surface area contributed by atoms with E-state index in [1.165, 1.54) is 11.8 Å². The van der Waals surface area contributed by atoms with E-state index >= 15 is 0 Å². The summed E-state index contributed by atoms with van der Waals surface area (Å²) in [7, 11) is 0. The highest BCUT2D eigenvalue weighted by molar-refractivity contribution is 8.17. The monoisotopic (exact) mass is 446 g/mol. The summed E-state index contributed by atoms with van der Waals surface area (Å²) >= 11 is 7.56. The van der Waals surface area contributed by atoms with Gasteiger partial charge < -0.3 is 0 Å². The lowest BCUT2D eigenvalue weighted by molar-refractivity contribution is -0.110. The standard InChI is InChI=1S/C24H19ClN4OS/c1-16-21-10-6-7-11-22(21)24(28(26-16)19-8-4-3-5-9-19)29(27-23(31-24)17(2)30)20-14-12-18(25)13-15-20/h3-15H,1-2H3/t24-/m0/s1. The minimum Gasteiger partial charge on any atom is -0.292 e. The molecule has 0 unspecified atom stereocenters. The Hall–Kier alpha value is -3.09. The van der Waals surface area contributed by atoms with E-state index in [9.17, 15) is 4.79 Å². The molecule has 0 bridgehead atoms. The van der Waals surface area contributed by atoms with E-state index in [1.807, 2.05) is 83.7 Å². The number of halogens is 1. The lowest BCUT2D eigenvalue weighted by Gasteiger charge is -2.46. The number of hydrogen-bond donors (Lipinski definition) is 0. The van der Waals surface area contributed by atoms with Crippen molar-refractivity contribution in [2.24, 2.45) is 10.2 Å². The molecule has 5 rings (SSSR count). The Morgan fingerprint density at radius 2 is 1.48 bits per heavy atom. The van der Waals surface area contributed by atoms with E-state index in [4.69, 9.17) is 21.8 Å². The minimum atomic E-state index is -0.897. The number of benzene rings is 3. The highest BCUT2D eigenvalue weighted by atomic mass is 35.5. The maximum absolute atomic E-state index is 12.5. The second-order valence-corrected chi connectivity index (χ2v) is 8.93. The second-order valence-electron chi connectivity index (χ2n) is 7.34. The van der Waals surface area contributed by atoms with Gasteiger partial charge >= 0.3 is 0 Å². The van der Waals surface area contributed by atoms with Gasteiger partial charge in [-0.1, -0.05) is 54.1 Å². The Kier molecular flexibility index (Phi) is 4.84. The van der Waals surface area contributed by atoms with Crippen molar-refractivity contribution in [2.45, 2.75) is 18.8 Å². The molecule has 7 heteroatoms. The first-order chi connectivity index (χ1) is 15.0. The van der Waals surface area contributed by atoms with Crippen molar-refractivity contribution in [1.82, 2.24) is 0 Å². The third kappa shape index (κ3) is 3.14. The molecule has 5 nitrogen and oxygen atoms in total. The third-order valence-corrected chi connectivity index (χ3v) is 6.96. The van der Waals surface area contributed by atoms with Crippen molar-refractivity contribution in [3.05, 3.63) is 95.0 Å². The van der Waals surface area contributed by atoms with Crippen molar-refractivity contribution in [3.63, 3.8) is 0 Å². The highest BCUT2D eigenvalue weighted by Crippen LogP contribution is 2.54. The fourth-order valence-corrected chi connectivity index (χ4v) is 5.30. The average molecular weight is 447 g/mol. The Morgan fingerprint density at radius 3 is 2.19 bits per heavy atom. The molecule has 3 aromatic rings. The van der Waals surface area contributed by atoms with E-state index in [1.54, 1.807) is 6.92 Å². The number of thioether (sulfide) groups is 1. The highest BCUT2D eigenvalue weighted by Gasteiger charge is 2.55. The summed E-state index contributed by atoms with van der Waals surface area (Å²) in [6.07, 6.45) is 0. The quantitative estimate of drug-likeness (QED) is 0.506. The summed E-state index contributed by atoms with van der Waals surface area (Å²) in [6.45, 7) is 3.54. The normalized spacial score (nSPS) is 19.8. The molecule has 2 aliphatic rings. The SMILES string of the molecule is CC(=O)C1=NN(c2ccc(Cl)cc2)[C@]2(S1)c1ccccc1C(C)=NN2c1ccccc1. The Bertz CT molecular complexity index is 1230. The molecule has 2 heterocycles. The first-order valence-electron chi connectivity index (χ1n) is 9.85. The predicted octanol–water partition coefficient (Wildman–Crippen LogP) is 5.85. The third-order valence-electron chi connectivity index (χ3n) is 5.29. The van der Waals surface area contributed by atoms with Gasteiger partial charge in [-0.3, -0.25) is 4.79 Å². The smallest absolute Gasteiger partial charge is 0.234 e. The van der Waals surface area contributed by atoms with E-state index in [-0.39, 0.29) is 5.78 Å². The second kappa shape index (κ2) is 7.55. The number of hydrazone groups is 2. The Labute approximate surface area is 190 Å². The van der Waals surface area contributed by atoms with Crippen LogP contribution in [0, 0.1) is 0 Å². The number of Topliss-reactive ketones (excluding diaryl/α,β-unsaturated/α-hetero) is 1. The number of nitrogens with zero attached hydrogens (tertiary/aromatic N) is 4. The van der Waals surface area contributed by atoms with Gasteiger partial charge in [0.1, 0.15) is 0 Å². The Morgan fingerprint density at radius 1 is 0.871 bits per heavy atom. The molecule has 0 radical (unpaired) electrons. The molecule has 0 fully saturated rings. The van der Waals surface area contributed by atoms with Crippen LogP contribution in [0.1, 0.15) is 25.0 Å². The summed E-state index contributed by atoms with van der Waals surface area (Å²) < 4.78 is 0. The molecule has 0 saturated heterocycles. The molecule has 0 N–H and O–H groups in total. The molecule has 0 amide bonds. The van der Waals surface area contributed by atoms with Crippen molar-refractivity contribution >= 4 is 51.3 Å². The molecule has 1 atom stereocenters. The lowest BCUT2D eigenvalue weighted by atomic mass is 9.98. The molecular formula is C24H19ClN4OS. The zero-order valence-corrected chi connectivity index (χ0v) is 18.6. The predicted molar refractivity (Wildman–Crippen MR) is 129 cm³/mol. The average Bonchev–Trinajstić information content (AvgIpc) is 3.19. The molecule has 31 heavy (non-hydrogen) atoms. The number of carbonyl (C=O) groups is 1. The van der Waals surface area contributed by atoms with Crippen molar-refractivity contribution in [3.8, 4) is 0 Å². The topological polar surface area (TPSA) is 48.3 Å². The molecule has 0 saturated carbocycles. The molecule has 3 aromatic carbocycles. The van der Waals surface area contributed by atoms with Gasteiger partial charge in [0.25, 0.3) is 0 Å². The van der Waals surface area contributed by atoms with Gasteiger partial charge in [-0.25, -0.2) is 10.0 Å². The summed E-state index contributed by atoms with van der Waals surface area (Å²) in [6, 6.07) is 25.6. The van der Waals surface area contributed by atoms with Crippen LogP contribution in [0.25, 0.3) is 0 Å². The summed E-state index contributed by atoms with van der Waals surface area (Å²) in [5.41, 5.74) is 4.67. The van der Waals surface area contributed by atoms with Gasteiger partial charge in [0.2, 0.25) is 4.99 Å². The van der Waals surface area contributed by atoms with E-state index in [0.29, 0.717) is 10.1 Å². The van der Waals surface area contributed by atoms with Crippen LogP contribution in [-0.4, -0.2) is 16.5 Å². The van der Waals surface area contributed by atoms with Gasteiger partial charge in [0.15, 0.2) is 10.8 Å². The summed E-state index contributed by atoms with van der Waals surface area (Å²) in [5.74, 6) is -0.0855. The van der Waals surface area contributed by atoms with Gasteiger partial charge in [-0.05, 0) is 55.1 Å². The maximum atomic E-state index is 12.5. The number of carbonyl (C=O) groups excluding carboxylic acids is 1. The van der Waals surface area contributed by atoms with Gasteiger partial charge in [-0.15, -0.1) is 0 Å².